The maximum absolute atomic E-state index is 13.0. The molecule has 0 unspecified atom stereocenters. The van der Waals surface area contributed by atoms with Gasteiger partial charge in [-0.25, -0.2) is 9.18 Å². The average molecular weight is 342 g/mol. The zero-order valence-electron chi connectivity index (χ0n) is 12.8. The van der Waals surface area contributed by atoms with Gasteiger partial charge >= 0.3 is 6.03 Å². The number of imide groups is 1. The quantitative estimate of drug-likeness (QED) is 0.808. The Bertz CT molecular complexity index is 661. The van der Waals surface area contributed by atoms with Gasteiger partial charge in [0.25, 0.3) is 5.91 Å². The number of carbonyl (C=O) groups is 3. The van der Waals surface area contributed by atoms with Gasteiger partial charge < -0.3 is 10.6 Å². The molecule has 0 aromatic heterocycles. The molecule has 0 bridgehead atoms. The van der Waals surface area contributed by atoms with Crippen molar-refractivity contribution in [1.82, 2.24) is 10.2 Å². The Labute approximate surface area is 138 Å². The van der Waals surface area contributed by atoms with E-state index in [0.29, 0.717) is 12.8 Å². The van der Waals surface area contributed by atoms with E-state index in [-0.39, 0.29) is 10.7 Å². The summed E-state index contributed by atoms with van der Waals surface area (Å²) in [5, 5.41) is 5.13. The van der Waals surface area contributed by atoms with Crippen LogP contribution in [0.5, 0.6) is 0 Å². The number of carbonyl (C=O) groups excluding carboxylic acids is 3. The summed E-state index contributed by atoms with van der Waals surface area (Å²) < 4.78 is 13.0. The maximum atomic E-state index is 13.0. The van der Waals surface area contributed by atoms with Crippen LogP contribution in [0.25, 0.3) is 0 Å². The van der Waals surface area contributed by atoms with Crippen LogP contribution in [0, 0.1) is 5.82 Å². The molecule has 6 nitrogen and oxygen atoms in total. The molecule has 1 aromatic rings. The fourth-order valence-electron chi connectivity index (χ4n) is 2.47. The Morgan fingerprint density at radius 3 is 2.52 bits per heavy atom. The topological polar surface area (TPSA) is 78.5 Å². The molecule has 0 aliphatic carbocycles. The van der Waals surface area contributed by atoms with Gasteiger partial charge in [0, 0.05) is 0 Å². The summed E-state index contributed by atoms with van der Waals surface area (Å²) in [4.78, 5) is 37.3. The van der Waals surface area contributed by atoms with Crippen LogP contribution in [-0.2, 0) is 9.59 Å². The van der Waals surface area contributed by atoms with Crippen LogP contribution in [0.15, 0.2) is 18.2 Å². The SMILES string of the molecule is CCC1(CC)NC(=O)N(CC(=O)Nc2ccc(F)cc2Cl)C1=O. The Morgan fingerprint density at radius 1 is 1.35 bits per heavy atom. The number of benzene rings is 1. The molecule has 1 aliphatic rings. The van der Waals surface area contributed by atoms with Crippen molar-refractivity contribution in [2.75, 3.05) is 11.9 Å². The number of hydrogen-bond donors (Lipinski definition) is 2. The van der Waals surface area contributed by atoms with E-state index >= 15 is 0 Å². The summed E-state index contributed by atoms with van der Waals surface area (Å²) in [6.45, 7) is 3.16. The summed E-state index contributed by atoms with van der Waals surface area (Å²) in [5.74, 6) is -1.55. The number of hydrogen-bond acceptors (Lipinski definition) is 3. The number of anilines is 1. The summed E-state index contributed by atoms with van der Waals surface area (Å²) >= 11 is 5.82. The molecule has 124 valence electrons. The Balaban J connectivity index is 2.08. The fraction of sp³-hybridized carbons (Fsp3) is 0.400. The van der Waals surface area contributed by atoms with Crippen LogP contribution in [0.2, 0.25) is 5.02 Å². The Hall–Kier alpha value is -2.15. The van der Waals surface area contributed by atoms with Crippen LogP contribution in [0.3, 0.4) is 0 Å². The molecule has 0 atom stereocenters. The highest BCUT2D eigenvalue weighted by atomic mass is 35.5. The predicted molar refractivity (Wildman–Crippen MR) is 83.6 cm³/mol. The lowest BCUT2D eigenvalue weighted by Gasteiger charge is -2.23. The van der Waals surface area contributed by atoms with Gasteiger partial charge in [-0.2, -0.15) is 0 Å². The van der Waals surface area contributed by atoms with E-state index in [1.807, 2.05) is 0 Å². The van der Waals surface area contributed by atoms with E-state index in [4.69, 9.17) is 11.6 Å². The third-order valence-electron chi connectivity index (χ3n) is 3.96. The second-order valence-corrected chi connectivity index (χ2v) is 5.69. The van der Waals surface area contributed by atoms with Gasteiger partial charge in [0.15, 0.2) is 0 Å². The van der Waals surface area contributed by atoms with Crippen LogP contribution in [-0.4, -0.2) is 34.8 Å². The van der Waals surface area contributed by atoms with E-state index in [1.54, 1.807) is 13.8 Å². The lowest BCUT2D eigenvalue weighted by atomic mass is 9.93. The van der Waals surface area contributed by atoms with Crippen molar-refractivity contribution in [2.45, 2.75) is 32.2 Å². The smallest absolute Gasteiger partial charge is 0.323 e. The normalized spacial score (nSPS) is 16.4. The minimum absolute atomic E-state index is 0.0343. The Kier molecular flexibility index (Phi) is 4.89. The zero-order chi connectivity index (χ0) is 17.2. The standard InChI is InChI=1S/C15H17ClFN3O3/c1-3-15(4-2)13(22)20(14(23)19-15)8-12(21)18-11-6-5-9(17)7-10(11)16/h5-7H,3-4,8H2,1-2H3,(H,18,21)(H,19,23). The fourth-order valence-corrected chi connectivity index (χ4v) is 2.69. The van der Waals surface area contributed by atoms with E-state index in [2.05, 4.69) is 10.6 Å². The van der Waals surface area contributed by atoms with Crippen LogP contribution in [0.1, 0.15) is 26.7 Å². The van der Waals surface area contributed by atoms with E-state index in [1.165, 1.54) is 6.07 Å². The molecular formula is C15H17ClFN3O3. The highest BCUT2D eigenvalue weighted by Gasteiger charge is 2.49. The highest BCUT2D eigenvalue weighted by molar-refractivity contribution is 6.33. The molecule has 2 rings (SSSR count). The van der Waals surface area contributed by atoms with Crippen LogP contribution < -0.4 is 10.6 Å². The summed E-state index contributed by atoms with van der Waals surface area (Å²) in [6.07, 6.45) is 0.881. The molecule has 23 heavy (non-hydrogen) atoms. The van der Waals surface area contributed by atoms with Crippen molar-refractivity contribution < 1.29 is 18.8 Å². The van der Waals surface area contributed by atoms with E-state index in [0.717, 1.165) is 17.0 Å². The lowest BCUT2D eigenvalue weighted by Crippen LogP contribution is -2.46. The molecule has 2 N–H and O–H groups in total. The molecule has 0 radical (unpaired) electrons. The molecule has 8 heteroatoms. The van der Waals surface area contributed by atoms with Gasteiger partial charge in [0.2, 0.25) is 5.91 Å². The zero-order valence-corrected chi connectivity index (χ0v) is 13.5. The molecule has 0 saturated carbocycles. The van der Waals surface area contributed by atoms with Crippen molar-refractivity contribution in [1.29, 1.82) is 0 Å². The van der Waals surface area contributed by atoms with Gasteiger partial charge in [0.05, 0.1) is 10.7 Å². The van der Waals surface area contributed by atoms with Crippen molar-refractivity contribution >= 4 is 35.1 Å². The van der Waals surface area contributed by atoms with Crippen molar-refractivity contribution in [3.63, 3.8) is 0 Å². The number of halogens is 2. The van der Waals surface area contributed by atoms with Crippen LogP contribution >= 0.6 is 11.6 Å². The first-order valence-electron chi connectivity index (χ1n) is 7.22. The molecule has 1 aromatic carbocycles. The lowest BCUT2D eigenvalue weighted by molar-refractivity contribution is -0.134. The van der Waals surface area contributed by atoms with Gasteiger partial charge in [-0.3, -0.25) is 14.5 Å². The van der Waals surface area contributed by atoms with Gasteiger partial charge in [-0.1, -0.05) is 25.4 Å². The molecule has 0 spiro atoms. The number of nitrogens with zero attached hydrogens (tertiary/aromatic N) is 1. The minimum atomic E-state index is -0.953. The average Bonchev–Trinajstić information content (AvgIpc) is 2.75. The summed E-state index contributed by atoms with van der Waals surface area (Å²) in [5.41, 5.74) is -0.743. The third-order valence-corrected chi connectivity index (χ3v) is 4.27. The Morgan fingerprint density at radius 2 is 2.00 bits per heavy atom. The minimum Gasteiger partial charge on any atom is -0.323 e. The van der Waals surface area contributed by atoms with E-state index in [9.17, 15) is 18.8 Å². The highest BCUT2D eigenvalue weighted by Crippen LogP contribution is 2.25. The second-order valence-electron chi connectivity index (χ2n) is 5.28. The summed E-state index contributed by atoms with van der Waals surface area (Å²) in [6, 6.07) is 2.92. The first-order valence-corrected chi connectivity index (χ1v) is 7.59. The third kappa shape index (κ3) is 3.29. The molecule has 1 fully saturated rings. The molecule has 1 saturated heterocycles. The predicted octanol–water partition coefficient (Wildman–Crippen LogP) is 2.53. The second kappa shape index (κ2) is 6.54. The number of amides is 4. The molecular weight excluding hydrogens is 325 g/mol. The first-order chi connectivity index (χ1) is 10.8. The molecule has 1 heterocycles. The van der Waals surface area contributed by atoms with Crippen molar-refractivity contribution in [2.24, 2.45) is 0 Å². The molecule has 4 amide bonds. The molecule has 1 aliphatic heterocycles. The van der Waals surface area contributed by atoms with E-state index < -0.39 is 35.7 Å². The number of urea groups is 1. The van der Waals surface area contributed by atoms with Gasteiger partial charge in [0.1, 0.15) is 17.9 Å². The van der Waals surface area contributed by atoms with Gasteiger partial charge in [-0.05, 0) is 31.0 Å². The number of nitrogens with one attached hydrogen (secondary N) is 2. The summed E-state index contributed by atoms with van der Waals surface area (Å²) in [7, 11) is 0. The number of rotatable bonds is 5. The monoisotopic (exact) mass is 341 g/mol. The van der Waals surface area contributed by atoms with Gasteiger partial charge in [-0.15, -0.1) is 0 Å². The first kappa shape index (κ1) is 17.2. The van der Waals surface area contributed by atoms with Crippen molar-refractivity contribution in [3.8, 4) is 0 Å². The van der Waals surface area contributed by atoms with Crippen LogP contribution in [0.4, 0.5) is 14.9 Å². The largest absolute Gasteiger partial charge is 0.325 e. The van der Waals surface area contributed by atoms with Crippen molar-refractivity contribution in [3.05, 3.63) is 29.0 Å². The maximum Gasteiger partial charge on any atom is 0.325 e.